The number of nitrogens with one attached hydrogen (secondary N) is 3. The van der Waals surface area contributed by atoms with Crippen molar-refractivity contribution >= 4 is 18.0 Å². The van der Waals surface area contributed by atoms with Crippen molar-refractivity contribution in [1.82, 2.24) is 20.9 Å². The molecule has 17 heavy (non-hydrogen) atoms. The Balaban J connectivity index is 3.69. The molecule has 0 saturated carbocycles. The molecule has 0 atom stereocenters. The molecule has 0 aromatic rings. The van der Waals surface area contributed by atoms with Gasteiger partial charge in [-0.1, -0.05) is 6.58 Å². The Morgan fingerprint density at radius 1 is 1.35 bits per heavy atom. The number of esters is 1. The topological polar surface area (TPSA) is 99.8 Å². The lowest BCUT2D eigenvalue weighted by Gasteiger charge is -2.17. The first kappa shape index (κ1) is 14.8. The fourth-order valence-corrected chi connectivity index (χ4v) is 0.747. The Morgan fingerprint density at radius 3 is 2.53 bits per heavy atom. The van der Waals surface area contributed by atoms with Crippen molar-refractivity contribution in [3.8, 4) is 0 Å². The number of nitrogens with zero attached hydrogens (tertiary/aromatic N) is 1. The number of amides is 4. The van der Waals surface area contributed by atoms with Gasteiger partial charge in [-0.15, -0.1) is 0 Å². The summed E-state index contributed by atoms with van der Waals surface area (Å²) in [6.45, 7) is 2.96. The van der Waals surface area contributed by atoms with E-state index >= 15 is 0 Å². The molecular weight excluding hydrogens is 228 g/mol. The van der Waals surface area contributed by atoms with Crippen LogP contribution in [0.1, 0.15) is 0 Å². The summed E-state index contributed by atoms with van der Waals surface area (Å²) in [5.74, 6) is -0.632. The van der Waals surface area contributed by atoms with Crippen LogP contribution in [-0.2, 0) is 9.53 Å². The number of hydrogen-bond acceptors (Lipinski definition) is 4. The van der Waals surface area contributed by atoms with Gasteiger partial charge in [-0.2, -0.15) is 0 Å². The second kappa shape index (κ2) is 7.97. The summed E-state index contributed by atoms with van der Waals surface area (Å²) < 4.78 is 4.52. The van der Waals surface area contributed by atoms with Gasteiger partial charge in [-0.05, 0) is 0 Å². The molecule has 0 aromatic carbocycles. The Morgan fingerprint density at radius 2 is 2.00 bits per heavy atom. The van der Waals surface area contributed by atoms with Gasteiger partial charge in [0, 0.05) is 20.2 Å². The van der Waals surface area contributed by atoms with E-state index in [1.165, 1.54) is 19.0 Å². The maximum Gasteiger partial charge on any atom is 0.331 e. The lowest BCUT2D eigenvalue weighted by Crippen LogP contribution is -2.46. The van der Waals surface area contributed by atoms with Crippen molar-refractivity contribution in [2.45, 2.75) is 0 Å². The van der Waals surface area contributed by atoms with Crippen LogP contribution in [0.4, 0.5) is 9.59 Å². The van der Waals surface area contributed by atoms with Crippen LogP contribution in [0.5, 0.6) is 0 Å². The Hall–Kier alpha value is -2.25. The highest BCUT2D eigenvalue weighted by molar-refractivity contribution is 5.81. The van der Waals surface area contributed by atoms with Gasteiger partial charge in [-0.25, -0.2) is 14.4 Å². The van der Waals surface area contributed by atoms with Gasteiger partial charge < -0.3 is 25.6 Å². The van der Waals surface area contributed by atoms with E-state index in [1.807, 2.05) is 0 Å². The summed E-state index contributed by atoms with van der Waals surface area (Å²) in [6, 6.07) is -0.888. The van der Waals surface area contributed by atoms with E-state index in [4.69, 9.17) is 0 Å². The number of carbonyl (C=O) groups excluding carboxylic acids is 3. The SMILES string of the molecule is C=CC(=O)OCNC(=O)NCN(C)C(=O)NC. The fourth-order valence-electron chi connectivity index (χ4n) is 0.747. The predicted octanol–water partition coefficient (Wildman–Crippen LogP) is -0.799. The molecule has 0 aliphatic rings. The van der Waals surface area contributed by atoms with E-state index in [-0.39, 0.29) is 19.4 Å². The summed E-state index contributed by atoms with van der Waals surface area (Å²) in [4.78, 5) is 34.0. The van der Waals surface area contributed by atoms with Gasteiger partial charge in [0.25, 0.3) is 0 Å². The molecule has 0 fully saturated rings. The second-order valence-electron chi connectivity index (χ2n) is 2.91. The zero-order valence-electron chi connectivity index (χ0n) is 9.78. The molecule has 0 radical (unpaired) electrons. The molecule has 8 nitrogen and oxygen atoms in total. The minimum Gasteiger partial charge on any atom is -0.441 e. The minimum absolute atomic E-state index is 0.0287. The number of urea groups is 2. The van der Waals surface area contributed by atoms with Crippen LogP contribution < -0.4 is 16.0 Å². The van der Waals surface area contributed by atoms with E-state index in [0.29, 0.717) is 0 Å². The molecule has 0 aromatic heterocycles. The third-order valence-corrected chi connectivity index (χ3v) is 1.65. The first-order chi connectivity index (χ1) is 8.01. The van der Waals surface area contributed by atoms with Crippen LogP contribution in [0.2, 0.25) is 0 Å². The number of carbonyl (C=O) groups is 3. The van der Waals surface area contributed by atoms with Crippen LogP contribution in [-0.4, -0.2) is 50.4 Å². The van der Waals surface area contributed by atoms with E-state index in [1.54, 1.807) is 0 Å². The average molecular weight is 244 g/mol. The third kappa shape index (κ3) is 6.77. The van der Waals surface area contributed by atoms with Gasteiger partial charge >= 0.3 is 18.0 Å². The van der Waals surface area contributed by atoms with Crippen molar-refractivity contribution < 1.29 is 19.1 Å². The number of rotatable bonds is 5. The largest absolute Gasteiger partial charge is 0.441 e. The zero-order chi connectivity index (χ0) is 13.3. The molecule has 0 unspecified atom stereocenters. The molecular formula is C9H16N4O4. The molecule has 0 rings (SSSR count). The van der Waals surface area contributed by atoms with Gasteiger partial charge in [0.15, 0.2) is 6.73 Å². The standard InChI is InChI=1S/C9H16N4O4/c1-4-7(14)17-6-12-8(15)11-5-13(3)9(16)10-2/h4H,1,5-6H2,2-3H3,(H,10,16)(H2,11,12,15). The van der Waals surface area contributed by atoms with Crippen LogP contribution in [0.15, 0.2) is 12.7 Å². The van der Waals surface area contributed by atoms with Gasteiger partial charge in [0.2, 0.25) is 0 Å². The van der Waals surface area contributed by atoms with Crippen molar-refractivity contribution in [3.05, 3.63) is 12.7 Å². The van der Waals surface area contributed by atoms with Crippen LogP contribution >= 0.6 is 0 Å². The highest BCUT2D eigenvalue weighted by atomic mass is 16.5. The quantitative estimate of drug-likeness (QED) is 0.335. The predicted molar refractivity (Wildman–Crippen MR) is 59.9 cm³/mol. The van der Waals surface area contributed by atoms with E-state index in [0.717, 1.165) is 6.08 Å². The molecule has 0 bridgehead atoms. The lowest BCUT2D eigenvalue weighted by atomic mass is 10.7. The zero-order valence-corrected chi connectivity index (χ0v) is 9.78. The number of ether oxygens (including phenoxy) is 1. The second-order valence-corrected chi connectivity index (χ2v) is 2.91. The minimum atomic E-state index is -0.632. The van der Waals surface area contributed by atoms with Crippen molar-refractivity contribution in [3.63, 3.8) is 0 Å². The highest BCUT2D eigenvalue weighted by Gasteiger charge is 2.07. The van der Waals surface area contributed by atoms with Crippen molar-refractivity contribution in [2.24, 2.45) is 0 Å². The molecule has 0 spiro atoms. The Labute approximate surface area is 99.0 Å². The van der Waals surface area contributed by atoms with Gasteiger partial charge in [0.05, 0.1) is 6.67 Å². The molecule has 0 saturated heterocycles. The van der Waals surface area contributed by atoms with Crippen LogP contribution in [0.25, 0.3) is 0 Å². The fraction of sp³-hybridized carbons (Fsp3) is 0.444. The smallest absolute Gasteiger partial charge is 0.331 e. The van der Waals surface area contributed by atoms with Gasteiger partial charge in [-0.3, -0.25) is 0 Å². The van der Waals surface area contributed by atoms with Crippen molar-refractivity contribution in [2.75, 3.05) is 27.5 Å². The molecule has 0 aliphatic carbocycles. The average Bonchev–Trinajstić information content (AvgIpc) is 2.34. The highest BCUT2D eigenvalue weighted by Crippen LogP contribution is 1.80. The van der Waals surface area contributed by atoms with Crippen LogP contribution in [0, 0.1) is 0 Å². The molecule has 96 valence electrons. The van der Waals surface area contributed by atoms with Crippen molar-refractivity contribution in [1.29, 1.82) is 0 Å². The summed E-state index contributed by atoms with van der Waals surface area (Å²) in [5.41, 5.74) is 0. The third-order valence-electron chi connectivity index (χ3n) is 1.65. The molecule has 3 N–H and O–H groups in total. The first-order valence-electron chi connectivity index (χ1n) is 4.75. The Bertz CT molecular complexity index is 305. The summed E-state index contributed by atoms with van der Waals surface area (Å²) in [5, 5.41) is 7.04. The van der Waals surface area contributed by atoms with E-state index < -0.39 is 12.0 Å². The van der Waals surface area contributed by atoms with Gasteiger partial charge in [0.1, 0.15) is 0 Å². The summed E-state index contributed by atoms with van der Waals surface area (Å²) >= 11 is 0. The monoisotopic (exact) mass is 244 g/mol. The molecule has 0 heterocycles. The van der Waals surface area contributed by atoms with E-state index in [9.17, 15) is 14.4 Å². The molecule has 4 amide bonds. The number of hydrogen-bond donors (Lipinski definition) is 3. The molecule has 0 aliphatic heterocycles. The normalized spacial score (nSPS) is 8.82. The maximum absolute atomic E-state index is 11.1. The molecule has 8 heteroatoms. The van der Waals surface area contributed by atoms with E-state index in [2.05, 4.69) is 27.3 Å². The summed E-state index contributed by atoms with van der Waals surface area (Å²) in [6.07, 6.45) is 0.985. The first-order valence-corrected chi connectivity index (χ1v) is 4.75. The van der Waals surface area contributed by atoms with Crippen LogP contribution in [0.3, 0.4) is 0 Å². The maximum atomic E-state index is 11.1. The lowest BCUT2D eigenvalue weighted by molar-refractivity contribution is -0.138. The Kier molecular flexibility index (Phi) is 6.91. The summed E-state index contributed by atoms with van der Waals surface area (Å²) in [7, 11) is 2.99.